The Hall–Kier alpha value is -5.73. The van der Waals surface area contributed by atoms with E-state index in [9.17, 15) is 0 Å². The van der Waals surface area contributed by atoms with Crippen molar-refractivity contribution in [2.24, 2.45) is 0 Å². The maximum absolute atomic E-state index is 2.73. The molecule has 66 heavy (non-hydrogen) atoms. The third kappa shape index (κ3) is 6.15. The van der Waals surface area contributed by atoms with Crippen molar-refractivity contribution in [2.45, 2.75) is 131 Å². The number of hydrogen-bond donors (Lipinski definition) is 0. The van der Waals surface area contributed by atoms with Gasteiger partial charge in [-0.2, -0.15) is 0 Å². The van der Waals surface area contributed by atoms with Crippen LogP contribution in [0.2, 0.25) is 0 Å². The van der Waals surface area contributed by atoms with E-state index in [1.807, 2.05) is 0 Å². The highest BCUT2D eigenvalue weighted by Gasteiger charge is 2.53. The molecule has 0 N–H and O–H groups in total. The van der Waals surface area contributed by atoms with Crippen LogP contribution in [0.15, 0.2) is 127 Å². The molecule has 4 aliphatic heterocycles. The first kappa shape index (κ1) is 42.9. The Morgan fingerprint density at radius 1 is 0.318 bits per heavy atom. The van der Waals surface area contributed by atoms with Crippen LogP contribution in [0.1, 0.15) is 132 Å². The van der Waals surface area contributed by atoms with Gasteiger partial charge >= 0.3 is 0 Å². The van der Waals surface area contributed by atoms with Crippen molar-refractivity contribution < 1.29 is 0 Å². The molecule has 0 unspecified atom stereocenters. The molecule has 4 heterocycles. The second-order valence-corrected chi connectivity index (χ2v) is 25.0. The maximum Gasteiger partial charge on any atom is 0.248 e. The molecular formula is C62H66B2N2. The molecule has 0 amide bonds. The molecule has 0 atom stereocenters. The summed E-state index contributed by atoms with van der Waals surface area (Å²) in [6.45, 7) is 36.2. The lowest BCUT2D eigenvalue weighted by molar-refractivity contribution is 0.583. The van der Waals surface area contributed by atoms with Crippen LogP contribution in [0.25, 0.3) is 22.3 Å². The van der Waals surface area contributed by atoms with Crippen molar-refractivity contribution >= 4 is 80.3 Å². The van der Waals surface area contributed by atoms with E-state index in [-0.39, 0.29) is 40.5 Å². The smallest absolute Gasteiger partial charge is 0.248 e. The highest BCUT2D eigenvalue weighted by atomic mass is 15.2. The van der Waals surface area contributed by atoms with Gasteiger partial charge in [-0.3, -0.25) is 0 Å². The van der Waals surface area contributed by atoms with Gasteiger partial charge in [0, 0.05) is 34.1 Å². The zero-order chi connectivity index (χ0) is 46.8. The summed E-state index contributed by atoms with van der Waals surface area (Å²) in [7, 11) is 0. The van der Waals surface area contributed by atoms with E-state index in [1.54, 1.807) is 0 Å². The van der Waals surface area contributed by atoms with Gasteiger partial charge in [0.25, 0.3) is 0 Å². The van der Waals surface area contributed by atoms with E-state index < -0.39 is 0 Å². The van der Waals surface area contributed by atoms with Gasteiger partial charge in [-0.05, 0) is 135 Å². The summed E-state index contributed by atoms with van der Waals surface area (Å²) >= 11 is 0. The number of fused-ring (bicyclic) bond motifs is 10. The minimum atomic E-state index is -0.263. The molecule has 4 aliphatic rings. The average Bonchev–Trinajstić information content (AvgIpc) is 3.76. The van der Waals surface area contributed by atoms with Crippen molar-refractivity contribution in [3.8, 4) is 22.3 Å². The van der Waals surface area contributed by atoms with Gasteiger partial charge in [0.15, 0.2) is 0 Å². The van der Waals surface area contributed by atoms with E-state index in [1.165, 1.54) is 117 Å². The fourth-order valence-electron chi connectivity index (χ4n) is 12.3. The summed E-state index contributed by atoms with van der Waals surface area (Å²) in [5.74, 6) is 0. The Morgan fingerprint density at radius 3 is 1.36 bits per heavy atom. The third-order valence-corrected chi connectivity index (χ3v) is 15.3. The summed E-state index contributed by atoms with van der Waals surface area (Å²) in [6.07, 6.45) is 0. The monoisotopic (exact) mass is 861 g/mol. The molecule has 4 heteroatoms. The fourth-order valence-corrected chi connectivity index (χ4v) is 12.3. The van der Waals surface area contributed by atoms with Crippen LogP contribution < -0.4 is 42.6 Å². The van der Waals surface area contributed by atoms with E-state index in [4.69, 9.17) is 0 Å². The molecule has 330 valence electrons. The topological polar surface area (TPSA) is 6.48 Å². The van der Waals surface area contributed by atoms with Crippen molar-refractivity contribution in [2.75, 3.05) is 9.80 Å². The van der Waals surface area contributed by atoms with Crippen molar-refractivity contribution in [1.29, 1.82) is 0 Å². The second kappa shape index (κ2) is 13.9. The molecule has 0 fully saturated rings. The Balaban J connectivity index is 1.39. The van der Waals surface area contributed by atoms with E-state index in [0.717, 1.165) is 0 Å². The second-order valence-electron chi connectivity index (χ2n) is 25.0. The quantitative estimate of drug-likeness (QED) is 0.160. The van der Waals surface area contributed by atoms with Gasteiger partial charge in [0.05, 0.1) is 0 Å². The van der Waals surface area contributed by atoms with Crippen LogP contribution in [-0.4, -0.2) is 13.4 Å². The molecule has 2 nitrogen and oxygen atoms in total. The molecule has 0 radical (unpaired) electrons. The molecule has 0 aromatic heterocycles. The Morgan fingerprint density at radius 2 is 0.788 bits per heavy atom. The predicted octanol–water partition coefficient (Wildman–Crippen LogP) is 12.7. The Labute approximate surface area is 396 Å². The zero-order valence-corrected chi connectivity index (χ0v) is 42.2. The van der Waals surface area contributed by atoms with E-state index in [2.05, 4.69) is 241 Å². The number of hydrogen-bond acceptors (Lipinski definition) is 2. The molecule has 0 saturated heterocycles. The van der Waals surface area contributed by atoms with Gasteiger partial charge in [-0.1, -0.05) is 206 Å². The van der Waals surface area contributed by atoms with Gasteiger partial charge in [0.1, 0.15) is 0 Å². The fraction of sp³-hybridized carbons (Fsp3) is 0.323. The largest absolute Gasteiger partial charge is 0.311 e. The van der Waals surface area contributed by atoms with Crippen LogP contribution in [0.4, 0.5) is 34.1 Å². The Bertz CT molecular complexity index is 3160. The third-order valence-electron chi connectivity index (χ3n) is 15.3. The molecule has 0 spiro atoms. The summed E-state index contributed by atoms with van der Waals surface area (Å²) in [4.78, 5) is 5.45. The minimum absolute atomic E-state index is 0.00775. The predicted molar refractivity (Wildman–Crippen MR) is 289 cm³/mol. The lowest BCUT2D eigenvalue weighted by Gasteiger charge is -2.49. The summed E-state index contributed by atoms with van der Waals surface area (Å²) in [5, 5.41) is 0. The Kier molecular flexibility index (Phi) is 9.04. The van der Waals surface area contributed by atoms with Crippen molar-refractivity contribution in [3.05, 3.63) is 155 Å². The number of benzene rings is 7. The van der Waals surface area contributed by atoms with Crippen LogP contribution in [0.5, 0.6) is 0 Å². The number of para-hydroxylation sites is 1. The SMILES string of the molecule is CC(C)(C)c1ccc(N2c3cccc4c3B(c3ccccc3-4)c3c2c(C(C)(C)C)c2c(c3C(C)(C)C)N(c3ccccc3)c3cc(C(C)(C)C)cc4c3B2c2ccc(C(C)(C)C)cc2-4)cc1. The highest BCUT2D eigenvalue weighted by Crippen LogP contribution is 2.53. The van der Waals surface area contributed by atoms with Crippen LogP contribution >= 0.6 is 0 Å². The van der Waals surface area contributed by atoms with Gasteiger partial charge in [-0.25, -0.2) is 0 Å². The first-order valence-corrected chi connectivity index (χ1v) is 24.5. The summed E-state index contributed by atoms with van der Waals surface area (Å²) < 4.78 is 0. The van der Waals surface area contributed by atoms with Gasteiger partial charge in [-0.15, -0.1) is 0 Å². The first-order chi connectivity index (χ1) is 31.0. The summed E-state index contributed by atoms with van der Waals surface area (Å²) in [6, 6.07) is 50.0. The minimum Gasteiger partial charge on any atom is -0.311 e. The average molecular weight is 861 g/mol. The molecule has 7 aromatic rings. The molecule has 7 aromatic carbocycles. The van der Waals surface area contributed by atoms with E-state index in [0.29, 0.717) is 0 Å². The van der Waals surface area contributed by atoms with E-state index >= 15 is 0 Å². The molecule has 0 bridgehead atoms. The zero-order valence-electron chi connectivity index (χ0n) is 42.2. The standard InChI is InChI=1S/C62H66B2N2/c1-58(2,3)37-28-31-41(32-29-37)65-48-27-21-25-43-42-24-19-20-26-46(42)63(52(43)48)54-51(62(13,14)15)57-55(50(56(54)65)61(10,11)12)64-47-33-30-38(59(4,5)6)34-44(47)45-35-39(60(7,8)9)36-49(53(45)64)66(57)40-22-17-16-18-23-40/h16-36H,1-15H3. The number of anilines is 6. The van der Waals surface area contributed by atoms with Crippen molar-refractivity contribution in [3.63, 3.8) is 0 Å². The van der Waals surface area contributed by atoms with Crippen LogP contribution in [0, 0.1) is 0 Å². The lowest BCUT2D eigenvalue weighted by Crippen LogP contribution is -2.63. The number of rotatable bonds is 2. The van der Waals surface area contributed by atoms with Gasteiger partial charge < -0.3 is 9.80 Å². The lowest BCUT2D eigenvalue weighted by atomic mass is 9.31. The maximum atomic E-state index is 2.73. The van der Waals surface area contributed by atoms with Crippen LogP contribution in [0.3, 0.4) is 0 Å². The normalized spacial score (nSPS) is 14.8. The molecule has 11 rings (SSSR count). The van der Waals surface area contributed by atoms with Gasteiger partial charge in [0.2, 0.25) is 13.4 Å². The van der Waals surface area contributed by atoms with Crippen molar-refractivity contribution in [1.82, 2.24) is 0 Å². The summed E-state index contributed by atoms with van der Waals surface area (Å²) in [5.41, 5.74) is 28.3. The molecular weight excluding hydrogens is 794 g/mol. The molecule has 0 aliphatic carbocycles. The molecule has 0 saturated carbocycles. The number of nitrogens with zero attached hydrogens (tertiary/aromatic N) is 2. The first-order valence-electron chi connectivity index (χ1n) is 24.5. The van der Waals surface area contributed by atoms with Crippen LogP contribution in [-0.2, 0) is 27.1 Å². The highest BCUT2D eigenvalue weighted by molar-refractivity contribution is 7.04.